The third kappa shape index (κ3) is 1.78. The highest BCUT2D eigenvalue weighted by Crippen LogP contribution is 2.40. The Morgan fingerprint density at radius 3 is 2.20 bits per heavy atom. The topological polar surface area (TPSA) is 52.0 Å². The number of nitrogens with zero attached hydrogens (tertiary/aromatic N) is 1. The summed E-state index contributed by atoms with van der Waals surface area (Å²) in [5, 5.41) is 4.60. The summed E-state index contributed by atoms with van der Waals surface area (Å²) in [4.78, 5) is 0. The molecule has 6 heteroatoms. The molecule has 0 saturated heterocycles. The predicted molar refractivity (Wildman–Crippen MR) is 61.4 cm³/mol. The maximum Gasteiger partial charge on any atom is 0.190 e. The molecule has 2 N–H and O–H groups in total. The molecule has 0 radical (unpaired) electrons. The Morgan fingerprint density at radius 2 is 1.73 bits per heavy atom. The zero-order valence-corrected chi connectivity index (χ0v) is 9.57. The SMILES string of the molecule is Nc1noc(-c2c(Cl)cccc2Cl)c1Cl. The average molecular weight is 264 g/mol. The van der Waals surface area contributed by atoms with Crippen molar-refractivity contribution in [2.45, 2.75) is 0 Å². The Morgan fingerprint density at radius 1 is 1.13 bits per heavy atom. The molecule has 0 aliphatic heterocycles. The van der Waals surface area contributed by atoms with Crippen LogP contribution in [0.5, 0.6) is 0 Å². The van der Waals surface area contributed by atoms with Gasteiger partial charge in [0.2, 0.25) is 0 Å². The third-order valence-electron chi connectivity index (χ3n) is 1.85. The highest BCUT2D eigenvalue weighted by molar-refractivity contribution is 6.41. The van der Waals surface area contributed by atoms with Gasteiger partial charge in [-0.2, -0.15) is 0 Å². The lowest BCUT2D eigenvalue weighted by Gasteiger charge is -2.02. The van der Waals surface area contributed by atoms with E-state index in [9.17, 15) is 0 Å². The van der Waals surface area contributed by atoms with Gasteiger partial charge in [0.15, 0.2) is 11.6 Å². The lowest BCUT2D eigenvalue weighted by Crippen LogP contribution is -1.84. The summed E-state index contributed by atoms with van der Waals surface area (Å²) in [5.41, 5.74) is 5.95. The van der Waals surface area contributed by atoms with Crippen molar-refractivity contribution in [3.05, 3.63) is 33.3 Å². The van der Waals surface area contributed by atoms with Crippen molar-refractivity contribution < 1.29 is 4.52 Å². The molecule has 1 heterocycles. The Hall–Kier alpha value is -0.900. The van der Waals surface area contributed by atoms with Gasteiger partial charge in [0.25, 0.3) is 0 Å². The molecule has 0 unspecified atom stereocenters. The van der Waals surface area contributed by atoms with Crippen LogP contribution in [0.2, 0.25) is 15.1 Å². The van der Waals surface area contributed by atoms with Crippen LogP contribution in [-0.2, 0) is 0 Å². The fraction of sp³-hybridized carbons (Fsp3) is 0. The first-order valence-corrected chi connectivity index (χ1v) is 5.09. The van der Waals surface area contributed by atoms with Crippen molar-refractivity contribution >= 4 is 40.6 Å². The molecule has 0 amide bonds. The Bertz CT molecular complexity index is 490. The van der Waals surface area contributed by atoms with Crippen LogP contribution in [0.15, 0.2) is 22.7 Å². The molecule has 15 heavy (non-hydrogen) atoms. The monoisotopic (exact) mass is 262 g/mol. The standard InChI is InChI=1S/C9H5Cl3N2O/c10-4-2-1-3-5(11)6(4)8-7(12)9(13)14-15-8/h1-3H,(H2,13,14). The Balaban J connectivity index is 2.69. The maximum atomic E-state index is 5.97. The van der Waals surface area contributed by atoms with Gasteiger partial charge in [-0.05, 0) is 12.1 Å². The molecular formula is C9H5Cl3N2O. The molecule has 3 nitrogen and oxygen atoms in total. The van der Waals surface area contributed by atoms with Crippen molar-refractivity contribution in [2.24, 2.45) is 0 Å². The predicted octanol–water partition coefficient (Wildman–Crippen LogP) is 3.88. The fourth-order valence-electron chi connectivity index (χ4n) is 1.16. The number of hydrogen-bond acceptors (Lipinski definition) is 3. The van der Waals surface area contributed by atoms with E-state index in [1.807, 2.05) is 0 Å². The second kappa shape index (κ2) is 3.93. The number of nitrogen functional groups attached to an aromatic ring is 1. The number of anilines is 1. The van der Waals surface area contributed by atoms with Gasteiger partial charge in [-0.25, -0.2) is 0 Å². The highest BCUT2D eigenvalue weighted by Gasteiger charge is 2.18. The highest BCUT2D eigenvalue weighted by atomic mass is 35.5. The molecule has 0 aliphatic rings. The summed E-state index contributed by atoms with van der Waals surface area (Å²) in [7, 11) is 0. The summed E-state index contributed by atoms with van der Waals surface area (Å²) < 4.78 is 4.97. The fourth-order valence-corrected chi connectivity index (χ4v) is 1.89. The van der Waals surface area contributed by atoms with Crippen LogP contribution < -0.4 is 5.73 Å². The molecule has 1 aromatic carbocycles. The van der Waals surface area contributed by atoms with Crippen LogP contribution in [0.1, 0.15) is 0 Å². The van der Waals surface area contributed by atoms with Crippen LogP contribution in [0.3, 0.4) is 0 Å². The lowest BCUT2D eigenvalue weighted by molar-refractivity contribution is 0.436. The van der Waals surface area contributed by atoms with Crippen LogP contribution in [0.4, 0.5) is 5.82 Å². The minimum atomic E-state index is 0.114. The van der Waals surface area contributed by atoms with Crippen molar-refractivity contribution in [3.8, 4) is 11.3 Å². The van der Waals surface area contributed by atoms with Crippen molar-refractivity contribution in [3.63, 3.8) is 0 Å². The van der Waals surface area contributed by atoms with E-state index >= 15 is 0 Å². The van der Waals surface area contributed by atoms with E-state index in [2.05, 4.69) is 5.16 Å². The number of hydrogen-bond donors (Lipinski definition) is 1. The number of aromatic nitrogens is 1. The molecule has 0 fully saturated rings. The minimum Gasteiger partial charge on any atom is -0.380 e. The van der Waals surface area contributed by atoms with E-state index in [-0.39, 0.29) is 16.6 Å². The molecular weight excluding hydrogens is 258 g/mol. The first kappa shape index (κ1) is 10.6. The zero-order chi connectivity index (χ0) is 11.0. The molecule has 0 spiro atoms. The average Bonchev–Trinajstić information content (AvgIpc) is 2.49. The van der Waals surface area contributed by atoms with Crippen molar-refractivity contribution in [2.75, 3.05) is 5.73 Å². The van der Waals surface area contributed by atoms with Gasteiger partial charge >= 0.3 is 0 Å². The van der Waals surface area contributed by atoms with Crippen molar-refractivity contribution in [1.29, 1.82) is 0 Å². The van der Waals surface area contributed by atoms with Crippen LogP contribution >= 0.6 is 34.8 Å². The summed E-state index contributed by atoms with van der Waals surface area (Å²) in [5.74, 6) is 0.396. The van der Waals surface area contributed by atoms with E-state index in [4.69, 9.17) is 45.1 Å². The van der Waals surface area contributed by atoms with Gasteiger partial charge < -0.3 is 10.3 Å². The molecule has 2 aromatic rings. The molecule has 0 saturated carbocycles. The zero-order valence-electron chi connectivity index (χ0n) is 7.30. The van der Waals surface area contributed by atoms with Crippen LogP contribution in [0.25, 0.3) is 11.3 Å². The number of halogens is 3. The lowest BCUT2D eigenvalue weighted by atomic mass is 10.2. The molecule has 2 rings (SSSR count). The number of benzene rings is 1. The largest absolute Gasteiger partial charge is 0.380 e. The smallest absolute Gasteiger partial charge is 0.190 e. The van der Waals surface area contributed by atoms with Gasteiger partial charge in [-0.15, -0.1) is 0 Å². The summed E-state index contributed by atoms with van der Waals surface area (Å²) in [6.45, 7) is 0. The third-order valence-corrected chi connectivity index (χ3v) is 2.84. The quantitative estimate of drug-likeness (QED) is 0.849. The Labute approximate surface area is 101 Å². The maximum absolute atomic E-state index is 5.97. The van der Waals surface area contributed by atoms with Crippen molar-refractivity contribution in [1.82, 2.24) is 5.16 Å². The van der Waals surface area contributed by atoms with Gasteiger partial charge in [0.05, 0.1) is 15.6 Å². The molecule has 78 valence electrons. The Kier molecular flexibility index (Phi) is 2.78. The first-order chi connectivity index (χ1) is 7.11. The van der Waals surface area contributed by atoms with Gasteiger partial charge in [0, 0.05) is 0 Å². The molecule has 0 aliphatic carbocycles. The summed E-state index contributed by atoms with van der Waals surface area (Å²) >= 11 is 17.8. The van der Waals surface area contributed by atoms with Crippen LogP contribution in [-0.4, -0.2) is 5.16 Å². The summed E-state index contributed by atoms with van der Waals surface area (Å²) in [6.07, 6.45) is 0. The van der Waals surface area contributed by atoms with E-state index in [1.54, 1.807) is 18.2 Å². The van der Waals surface area contributed by atoms with Gasteiger partial charge in [-0.3, -0.25) is 0 Å². The van der Waals surface area contributed by atoms with E-state index in [0.717, 1.165) is 0 Å². The number of rotatable bonds is 1. The van der Waals surface area contributed by atoms with Gasteiger partial charge in [-0.1, -0.05) is 46.0 Å². The molecule has 0 bridgehead atoms. The summed E-state index contributed by atoms with van der Waals surface area (Å²) in [6, 6.07) is 5.08. The van der Waals surface area contributed by atoms with E-state index in [0.29, 0.717) is 15.6 Å². The minimum absolute atomic E-state index is 0.114. The first-order valence-electron chi connectivity index (χ1n) is 3.96. The number of nitrogens with two attached hydrogens (primary N) is 1. The second-order valence-electron chi connectivity index (χ2n) is 2.81. The molecule has 0 atom stereocenters. The molecule has 1 aromatic heterocycles. The van der Waals surface area contributed by atoms with E-state index < -0.39 is 0 Å². The van der Waals surface area contributed by atoms with Crippen LogP contribution in [0, 0.1) is 0 Å². The normalized spacial score (nSPS) is 10.6. The van der Waals surface area contributed by atoms with E-state index in [1.165, 1.54) is 0 Å². The van der Waals surface area contributed by atoms with Gasteiger partial charge in [0.1, 0.15) is 5.02 Å². The second-order valence-corrected chi connectivity index (χ2v) is 4.00.